The number of nitrogens with one attached hydrogen (secondary N) is 1. The van der Waals surface area contributed by atoms with Crippen molar-refractivity contribution < 1.29 is 9.18 Å². The van der Waals surface area contributed by atoms with Crippen LogP contribution in [0.5, 0.6) is 0 Å². The van der Waals surface area contributed by atoms with Crippen LogP contribution in [0.15, 0.2) is 36.4 Å². The minimum Gasteiger partial charge on any atom is -0.396 e. The van der Waals surface area contributed by atoms with Crippen molar-refractivity contribution in [1.29, 1.82) is 0 Å². The second kappa shape index (κ2) is 5.47. The predicted octanol–water partition coefficient (Wildman–Crippen LogP) is 3.97. The molecule has 6 heteroatoms. The minimum absolute atomic E-state index is 0.0128. The highest BCUT2D eigenvalue weighted by molar-refractivity contribution is 6.44. The topological polar surface area (TPSA) is 55.1 Å². The molecule has 0 aromatic heterocycles. The van der Waals surface area contributed by atoms with Crippen LogP contribution in [0.25, 0.3) is 0 Å². The summed E-state index contributed by atoms with van der Waals surface area (Å²) in [5, 5.41) is 2.94. The highest BCUT2D eigenvalue weighted by atomic mass is 35.5. The molecule has 3 N–H and O–H groups in total. The molecule has 3 nitrogen and oxygen atoms in total. The van der Waals surface area contributed by atoms with Gasteiger partial charge in [0.2, 0.25) is 0 Å². The highest BCUT2D eigenvalue weighted by Crippen LogP contribution is 2.26. The van der Waals surface area contributed by atoms with Gasteiger partial charge in [-0.2, -0.15) is 0 Å². The fourth-order valence-corrected chi connectivity index (χ4v) is 1.87. The Morgan fingerprint density at radius 1 is 1.21 bits per heavy atom. The van der Waals surface area contributed by atoms with Crippen LogP contribution in [0.1, 0.15) is 10.4 Å². The normalized spacial score (nSPS) is 10.3. The van der Waals surface area contributed by atoms with Gasteiger partial charge in [0.15, 0.2) is 0 Å². The van der Waals surface area contributed by atoms with E-state index in [2.05, 4.69) is 5.32 Å². The third kappa shape index (κ3) is 2.97. The molecule has 2 aromatic rings. The van der Waals surface area contributed by atoms with E-state index in [1.54, 1.807) is 12.1 Å². The average molecular weight is 299 g/mol. The van der Waals surface area contributed by atoms with Gasteiger partial charge < -0.3 is 11.1 Å². The zero-order valence-electron chi connectivity index (χ0n) is 9.58. The molecule has 0 radical (unpaired) electrons. The zero-order valence-corrected chi connectivity index (χ0v) is 11.1. The molecule has 0 heterocycles. The summed E-state index contributed by atoms with van der Waals surface area (Å²) in [5.74, 6) is -1.08. The number of benzene rings is 2. The monoisotopic (exact) mass is 298 g/mol. The van der Waals surface area contributed by atoms with E-state index in [0.29, 0.717) is 0 Å². The van der Waals surface area contributed by atoms with E-state index in [1.807, 2.05) is 0 Å². The van der Waals surface area contributed by atoms with E-state index in [4.69, 9.17) is 28.9 Å². The predicted molar refractivity (Wildman–Crippen MR) is 75.2 cm³/mol. The van der Waals surface area contributed by atoms with Gasteiger partial charge in [-0.3, -0.25) is 4.79 Å². The van der Waals surface area contributed by atoms with Crippen LogP contribution in [0.3, 0.4) is 0 Å². The highest BCUT2D eigenvalue weighted by Gasteiger charge is 2.13. The number of carbonyl (C=O) groups is 1. The summed E-state index contributed by atoms with van der Waals surface area (Å²) in [6.07, 6.45) is 0. The average Bonchev–Trinajstić information content (AvgIpc) is 2.37. The maximum Gasteiger partial charge on any atom is 0.257 e. The van der Waals surface area contributed by atoms with Crippen LogP contribution in [0.2, 0.25) is 10.0 Å². The van der Waals surface area contributed by atoms with Gasteiger partial charge in [-0.15, -0.1) is 0 Å². The number of nitrogen functional groups attached to an aromatic ring is 1. The van der Waals surface area contributed by atoms with Gasteiger partial charge in [-0.1, -0.05) is 29.3 Å². The lowest BCUT2D eigenvalue weighted by molar-refractivity contribution is 0.102. The van der Waals surface area contributed by atoms with Gasteiger partial charge in [0.1, 0.15) is 5.82 Å². The number of anilines is 2. The van der Waals surface area contributed by atoms with Crippen molar-refractivity contribution in [2.24, 2.45) is 0 Å². The van der Waals surface area contributed by atoms with Gasteiger partial charge >= 0.3 is 0 Å². The Kier molecular flexibility index (Phi) is 3.93. The van der Waals surface area contributed by atoms with E-state index in [1.165, 1.54) is 18.2 Å². The summed E-state index contributed by atoms with van der Waals surface area (Å²) < 4.78 is 13.3. The Bertz CT molecular complexity index is 647. The van der Waals surface area contributed by atoms with Gasteiger partial charge in [0, 0.05) is 5.69 Å². The smallest absolute Gasteiger partial charge is 0.257 e. The first-order valence-corrected chi connectivity index (χ1v) is 6.05. The lowest BCUT2D eigenvalue weighted by atomic mass is 10.2. The fraction of sp³-hybridized carbons (Fsp3) is 0. The lowest BCUT2D eigenvalue weighted by Gasteiger charge is -2.08. The molecule has 1 amide bonds. The Balaban J connectivity index is 2.26. The van der Waals surface area contributed by atoms with Crippen LogP contribution < -0.4 is 11.1 Å². The summed E-state index contributed by atoms with van der Waals surface area (Å²) in [6.45, 7) is 0. The number of hydrogen-bond donors (Lipinski definition) is 2. The van der Waals surface area contributed by atoms with Crippen molar-refractivity contribution in [3.8, 4) is 0 Å². The molecule has 0 atom stereocenters. The molecule has 0 unspecified atom stereocenters. The summed E-state index contributed by atoms with van der Waals surface area (Å²) in [7, 11) is 0. The molecular formula is C13H9Cl2FN2O. The SMILES string of the molecule is Nc1ccc(NC(=O)c2cccc(Cl)c2Cl)cc1F. The maximum absolute atomic E-state index is 13.3. The van der Waals surface area contributed by atoms with Gasteiger partial charge in [-0.05, 0) is 30.3 Å². The Morgan fingerprint density at radius 3 is 2.63 bits per heavy atom. The molecule has 0 saturated heterocycles. The van der Waals surface area contributed by atoms with Crippen LogP contribution in [-0.4, -0.2) is 5.91 Å². The standard InChI is InChI=1S/C13H9Cl2FN2O/c14-9-3-1-2-8(12(9)15)13(19)18-7-4-5-11(17)10(16)6-7/h1-6H,17H2,(H,18,19). The molecule has 0 saturated carbocycles. The number of amides is 1. The van der Waals surface area contributed by atoms with Crippen molar-refractivity contribution in [3.63, 3.8) is 0 Å². The third-order valence-corrected chi connectivity index (χ3v) is 3.27. The van der Waals surface area contributed by atoms with Crippen LogP contribution in [0.4, 0.5) is 15.8 Å². The van der Waals surface area contributed by atoms with Crippen molar-refractivity contribution >= 4 is 40.5 Å². The van der Waals surface area contributed by atoms with Crippen molar-refractivity contribution in [2.75, 3.05) is 11.1 Å². The summed E-state index contributed by atoms with van der Waals surface area (Å²) in [4.78, 5) is 12.0. The summed E-state index contributed by atoms with van der Waals surface area (Å²) >= 11 is 11.7. The van der Waals surface area contributed by atoms with Crippen molar-refractivity contribution in [2.45, 2.75) is 0 Å². The molecule has 0 fully saturated rings. The first-order chi connectivity index (χ1) is 8.99. The van der Waals surface area contributed by atoms with E-state index in [9.17, 15) is 9.18 Å². The lowest BCUT2D eigenvalue weighted by Crippen LogP contribution is -2.12. The number of halogens is 3. The maximum atomic E-state index is 13.3. The van der Waals surface area contributed by atoms with Crippen LogP contribution in [0, 0.1) is 5.82 Å². The molecule has 0 bridgehead atoms. The molecule has 0 aliphatic rings. The molecule has 0 aliphatic carbocycles. The van der Waals surface area contributed by atoms with Crippen LogP contribution in [-0.2, 0) is 0 Å². The Hall–Kier alpha value is -1.78. The summed E-state index contributed by atoms with van der Waals surface area (Å²) in [5.41, 5.74) is 5.86. The fourth-order valence-electron chi connectivity index (χ4n) is 1.48. The molecule has 2 aromatic carbocycles. The second-order valence-electron chi connectivity index (χ2n) is 3.79. The van der Waals surface area contributed by atoms with Crippen LogP contribution >= 0.6 is 23.2 Å². The van der Waals surface area contributed by atoms with E-state index in [-0.39, 0.29) is 27.0 Å². The molecule has 0 spiro atoms. The molecule has 0 aliphatic heterocycles. The van der Waals surface area contributed by atoms with Gasteiger partial charge in [-0.25, -0.2) is 4.39 Å². The van der Waals surface area contributed by atoms with E-state index in [0.717, 1.165) is 6.07 Å². The Morgan fingerprint density at radius 2 is 1.95 bits per heavy atom. The molecule has 2 rings (SSSR count). The largest absolute Gasteiger partial charge is 0.396 e. The third-order valence-electron chi connectivity index (χ3n) is 2.45. The van der Waals surface area contributed by atoms with Crippen molar-refractivity contribution in [3.05, 3.63) is 57.8 Å². The van der Waals surface area contributed by atoms with E-state index < -0.39 is 11.7 Å². The van der Waals surface area contributed by atoms with Crippen molar-refractivity contribution in [1.82, 2.24) is 0 Å². The Labute approximate surface area is 119 Å². The second-order valence-corrected chi connectivity index (χ2v) is 4.58. The molecular weight excluding hydrogens is 290 g/mol. The zero-order chi connectivity index (χ0) is 14.0. The minimum atomic E-state index is -0.602. The quantitative estimate of drug-likeness (QED) is 0.824. The number of rotatable bonds is 2. The van der Waals surface area contributed by atoms with E-state index >= 15 is 0 Å². The summed E-state index contributed by atoms with van der Waals surface area (Å²) in [6, 6.07) is 8.69. The molecule has 98 valence electrons. The van der Waals surface area contributed by atoms with Gasteiger partial charge in [0.05, 0.1) is 21.3 Å². The number of carbonyl (C=O) groups excluding carboxylic acids is 1. The number of nitrogens with two attached hydrogens (primary N) is 1. The molecule has 19 heavy (non-hydrogen) atoms. The van der Waals surface area contributed by atoms with Gasteiger partial charge in [0.25, 0.3) is 5.91 Å². The first-order valence-electron chi connectivity index (χ1n) is 5.29. The first kappa shape index (κ1) is 13.6. The number of hydrogen-bond acceptors (Lipinski definition) is 2.